The van der Waals surface area contributed by atoms with Crippen molar-refractivity contribution in [1.29, 1.82) is 0 Å². The van der Waals surface area contributed by atoms with Crippen LogP contribution in [0.3, 0.4) is 0 Å². The molecular formula is C17H24O2. The molecule has 0 bridgehead atoms. The van der Waals surface area contributed by atoms with Crippen LogP contribution in [0.15, 0.2) is 18.2 Å². The van der Waals surface area contributed by atoms with Crippen LogP contribution in [0.2, 0.25) is 0 Å². The molecule has 1 spiro atoms. The Balaban J connectivity index is 1.94. The smallest absolute Gasteiger partial charge is 0.125 e. The first-order valence-electron chi connectivity index (χ1n) is 7.37. The molecule has 1 saturated carbocycles. The average molecular weight is 260 g/mol. The average Bonchev–Trinajstić information content (AvgIpc) is 2.29. The molecule has 0 saturated heterocycles. The summed E-state index contributed by atoms with van der Waals surface area (Å²) in [6, 6.07) is 6.15. The largest absolute Gasteiger partial charge is 0.487 e. The van der Waals surface area contributed by atoms with E-state index in [1.54, 1.807) is 0 Å². The van der Waals surface area contributed by atoms with Gasteiger partial charge in [0, 0.05) is 12.0 Å². The molecule has 2 aliphatic rings. The molecule has 2 nitrogen and oxygen atoms in total. The first kappa shape index (κ1) is 13.0. The molecule has 2 heteroatoms. The van der Waals surface area contributed by atoms with Crippen LogP contribution in [0.25, 0.3) is 0 Å². The number of benzene rings is 1. The lowest BCUT2D eigenvalue weighted by atomic mass is 9.67. The van der Waals surface area contributed by atoms with Crippen LogP contribution in [-0.2, 0) is 0 Å². The highest BCUT2D eigenvalue weighted by Gasteiger charge is 2.46. The highest BCUT2D eigenvalue weighted by atomic mass is 16.5. The van der Waals surface area contributed by atoms with E-state index in [0.717, 1.165) is 30.6 Å². The zero-order chi connectivity index (χ0) is 13.7. The quantitative estimate of drug-likeness (QED) is 0.759. The van der Waals surface area contributed by atoms with Crippen LogP contribution in [0.1, 0.15) is 63.2 Å². The van der Waals surface area contributed by atoms with E-state index in [4.69, 9.17) is 4.74 Å². The van der Waals surface area contributed by atoms with Crippen molar-refractivity contribution in [1.82, 2.24) is 0 Å². The molecule has 1 heterocycles. The Morgan fingerprint density at radius 2 is 2.05 bits per heavy atom. The van der Waals surface area contributed by atoms with E-state index < -0.39 is 0 Å². The fourth-order valence-corrected chi connectivity index (χ4v) is 3.96. The van der Waals surface area contributed by atoms with E-state index in [9.17, 15) is 5.11 Å². The lowest BCUT2D eigenvalue weighted by Crippen LogP contribution is -2.47. The topological polar surface area (TPSA) is 29.5 Å². The lowest BCUT2D eigenvalue weighted by molar-refractivity contribution is -0.0677. The van der Waals surface area contributed by atoms with Gasteiger partial charge < -0.3 is 9.84 Å². The van der Waals surface area contributed by atoms with Gasteiger partial charge in [0.15, 0.2) is 0 Å². The maximum Gasteiger partial charge on any atom is 0.125 e. The summed E-state index contributed by atoms with van der Waals surface area (Å²) in [5.41, 5.74) is 2.32. The standard InChI is InChI=1S/C17H24O2/c1-12-5-6-15-13(9-12)14(18)10-17(19-15)8-4-7-16(2,3)11-17/h5-6,9,14,18H,4,7-8,10-11H2,1-3H3/t14-,17?/m0/s1. The van der Waals surface area contributed by atoms with Crippen molar-refractivity contribution in [3.05, 3.63) is 29.3 Å². The third-order valence-corrected chi connectivity index (χ3v) is 4.70. The summed E-state index contributed by atoms with van der Waals surface area (Å²) in [4.78, 5) is 0. The Morgan fingerprint density at radius 3 is 2.79 bits per heavy atom. The molecule has 1 aromatic carbocycles. The van der Waals surface area contributed by atoms with Gasteiger partial charge in [0.1, 0.15) is 11.4 Å². The summed E-state index contributed by atoms with van der Waals surface area (Å²) >= 11 is 0. The summed E-state index contributed by atoms with van der Waals surface area (Å²) in [6.45, 7) is 6.68. The van der Waals surface area contributed by atoms with E-state index in [-0.39, 0.29) is 11.7 Å². The fraction of sp³-hybridized carbons (Fsp3) is 0.647. The third kappa shape index (κ3) is 2.38. The van der Waals surface area contributed by atoms with Gasteiger partial charge in [-0.2, -0.15) is 0 Å². The van der Waals surface area contributed by atoms with Crippen molar-refractivity contribution in [2.75, 3.05) is 0 Å². The number of aliphatic hydroxyl groups is 1. The Labute approximate surface area is 115 Å². The van der Waals surface area contributed by atoms with Crippen LogP contribution < -0.4 is 4.74 Å². The zero-order valence-electron chi connectivity index (χ0n) is 12.2. The second-order valence-electron chi connectivity index (χ2n) is 7.24. The fourth-order valence-electron chi connectivity index (χ4n) is 3.96. The Kier molecular flexibility index (Phi) is 2.90. The molecule has 3 rings (SSSR count). The van der Waals surface area contributed by atoms with Gasteiger partial charge in [-0.1, -0.05) is 25.5 Å². The zero-order valence-corrected chi connectivity index (χ0v) is 12.2. The van der Waals surface area contributed by atoms with Crippen LogP contribution in [0.5, 0.6) is 5.75 Å². The molecule has 0 aromatic heterocycles. The van der Waals surface area contributed by atoms with Gasteiger partial charge in [0.25, 0.3) is 0 Å². The lowest BCUT2D eigenvalue weighted by Gasteiger charge is -2.48. The molecule has 1 aliphatic heterocycles. The summed E-state index contributed by atoms with van der Waals surface area (Å²) in [6.07, 6.45) is 4.94. The number of hydrogen-bond acceptors (Lipinski definition) is 2. The van der Waals surface area contributed by atoms with E-state index in [1.165, 1.54) is 18.4 Å². The molecule has 1 unspecified atom stereocenters. The highest BCUT2D eigenvalue weighted by Crippen LogP contribution is 2.50. The van der Waals surface area contributed by atoms with Gasteiger partial charge in [-0.15, -0.1) is 0 Å². The summed E-state index contributed by atoms with van der Waals surface area (Å²) in [7, 11) is 0. The number of rotatable bonds is 0. The highest BCUT2D eigenvalue weighted by molar-refractivity contribution is 5.41. The predicted octanol–water partition coefficient (Wildman–Crippen LogP) is 4.15. The molecule has 1 fully saturated rings. The minimum atomic E-state index is -0.377. The summed E-state index contributed by atoms with van der Waals surface area (Å²) in [5, 5.41) is 10.5. The van der Waals surface area contributed by atoms with Gasteiger partial charge in [-0.25, -0.2) is 0 Å². The molecule has 1 aromatic rings. The number of aryl methyl sites for hydroxylation is 1. The molecule has 104 valence electrons. The Bertz CT molecular complexity index is 492. The van der Waals surface area contributed by atoms with Crippen molar-refractivity contribution in [2.45, 2.75) is 64.6 Å². The van der Waals surface area contributed by atoms with E-state index in [2.05, 4.69) is 32.9 Å². The predicted molar refractivity (Wildman–Crippen MR) is 76.4 cm³/mol. The van der Waals surface area contributed by atoms with Crippen molar-refractivity contribution in [3.63, 3.8) is 0 Å². The van der Waals surface area contributed by atoms with E-state index >= 15 is 0 Å². The van der Waals surface area contributed by atoms with Gasteiger partial charge >= 0.3 is 0 Å². The third-order valence-electron chi connectivity index (χ3n) is 4.70. The number of aliphatic hydroxyl groups excluding tert-OH is 1. The number of hydrogen-bond donors (Lipinski definition) is 1. The van der Waals surface area contributed by atoms with Crippen molar-refractivity contribution in [2.24, 2.45) is 5.41 Å². The maximum atomic E-state index is 10.5. The van der Waals surface area contributed by atoms with E-state index in [0.29, 0.717) is 5.41 Å². The van der Waals surface area contributed by atoms with E-state index in [1.807, 2.05) is 6.07 Å². The monoisotopic (exact) mass is 260 g/mol. The molecule has 19 heavy (non-hydrogen) atoms. The Hall–Kier alpha value is -1.02. The van der Waals surface area contributed by atoms with Crippen LogP contribution in [0, 0.1) is 12.3 Å². The number of fused-ring (bicyclic) bond motifs is 1. The molecule has 0 amide bonds. The molecule has 0 radical (unpaired) electrons. The van der Waals surface area contributed by atoms with Crippen LogP contribution in [-0.4, -0.2) is 10.7 Å². The molecular weight excluding hydrogens is 236 g/mol. The van der Waals surface area contributed by atoms with Gasteiger partial charge in [-0.05, 0) is 50.2 Å². The van der Waals surface area contributed by atoms with Crippen LogP contribution in [0.4, 0.5) is 0 Å². The minimum absolute atomic E-state index is 0.149. The van der Waals surface area contributed by atoms with Gasteiger partial charge in [0.05, 0.1) is 6.10 Å². The molecule has 2 atom stereocenters. The summed E-state index contributed by atoms with van der Waals surface area (Å²) < 4.78 is 6.36. The first-order valence-corrected chi connectivity index (χ1v) is 7.37. The SMILES string of the molecule is Cc1ccc2c(c1)[C@@H](O)CC1(CCCC(C)(C)C1)O2. The molecule has 1 N–H and O–H groups in total. The van der Waals surface area contributed by atoms with Crippen molar-refractivity contribution >= 4 is 0 Å². The van der Waals surface area contributed by atoms with Gasteiger partial charge in [-0.3, -0.25) is 0 Å². The number of ether oxygens (including phenoxy) is 1. The van der Waals surface area contributed by atoms with Crippen molar-refractivity contribution in [3.8, 4) is 5.75 Å². The van der Waals surface area contributed by atoms with Gasteiger partial charge in [0.2, 0.25) is 0 Å². The van der Waals surface area contributed by atoms with Crippen LogP contribution >= 0.6 is 0 Å². The second-order valence-corrected chi connectivity index (χ2v) is 7.24. The molecule has 1 aliphatic carbocycles. The first-order chi connectivity index (χ1) is 8.89. The normalized spacial score (nSPS) is 32.7. The van der Waals surface area contributed by atoms with Crippen molar-refractivity contribution < 1.29 is 9.84 Å². The summed E-state index contributed by atoms with van der Waals surface area (Å²) in [5.74, 6) is 0.891. The Morgan fingerprint density at radius 1 is 1.26 bits per heavy atom. The second kappa shape index (κ2) is 4.24. The minimum Gasteiger partial charge on any atom is -0.487 e. The maximum absolute atomic E-state index is 10.5.